The highest BCUT2D eigenvalue weighted by Gasteiger charge is 2.24. The maximum atomic E-state index is 9.94. The first-order valence-corrected chi connectivity index (χ1v) is 1.77. The zero-order chi connectivity index (χ0) is 4.57. The monoisotopic (exact) mass is 85.0 g/mol. The van der Waals surface area contributed by atoms with Crippen molar-refractivity contribution < 1.29 is 4.79 Å². The third kappa shape index (κ3) is 0.285. The standard InChI is InChI=1S/C3H5N2O/c4-2-1-5-3(2)6/h2H,1,4H2. The fourth-order valence-electron chi connectivity index (χ4n) is 0.271. The Morgan fingerprint density at radius 3 is 2.50 bits per heavy atom. The summed E-state index contributed by atoms with van der Waals surface area (Å²) in [5.74, 6) is -0.157. The smallest absolute Gasteiger partial charge is 0.260 e. The fraction of sp³-hybridized carbons (Fsp3) is 0.667. The Kier molecular flexibility index (Phi) is 0.569. The summed E-state index contributed by atoms with van der Waals surface area (Å²) < 4.78 is 0. The van der Waals surface area contributed by atoms with E-state index in [1.807, 2.05) is 0 Å². The van der Waals surface area contributed by atoms with Gasteiger partial charge >= 0.3 is 0 Å². The number of hydrogen-bond donors (Lipinski definition) is 1. The molecule has 0 spiro atoms. The van der Waals surface area contributed by atoms with Crippen molar-refractivity contribution in [3.63, 3.8) is 0 Å². The summed E-state index contributed by atoms with van der Waals surface area (Å²) in [5.41, 5.74) is 5.08. The van der Waals surface area contributed by atoms with E-state index in [0.29, 0.717) is 6.54 Å². The minimum absolute atomic E-state index is 0.157. The average molecular weight is 85.1 g/mol. The second-order valence-corrected chi connectivity index (χ2v) is 1.29. The molecule has 1 fully saturated rings. The van der Waals surface area contributed by atoms with E-state index < -0.39 is 0 Å². The van der Waals surface area contributed by atoms with Crippen LogP contribution in [0.4, 0.5) is 0 Å². The normalized spacial score (nSPS) is 31.5. The van der Waals surface area contributed by atoms with Crippen LogP contribution in [-0.4, -0.2) is 18.5 Å². The predicted octanol–water partition coefficient (Wildman–Crippen LogP) is -1.54. The molecule has 0 aromatic rings. The molecule has 33 valence electrons. The van der Waals surface area contributed by atoms with Crippen LogP contribution >= 0.6 is 0 Å². The molecule has 1 saturated heterocycles. The molecule has 3 heteroatoms. The van der Waals surface area contributed by atoms with Gasteiger partial charge in [0.1, 0.15) is 6.04 Å². The molecule has 1 unspecified atom stereocenters. The van der Waals surface area contributed by atoms with E-state index in [2.05, 4.69) is 5.32 Å². The van der Waals surface area contributed by atoms with Crippen LogP contribution in [0.2, 0.25) is 0 Å². The summed E-state index contributed by atoms with van der Waals surface area (Å²) >= 11 is 0. The second-order valence-electron chi connectivity index (χ2n) is 1.29. The van der Waals surface area contributed by atoms with E-state index >= 15 is 0 Å². The van der Waals surface area contributed by atoms with Crippen molar-refractivity contribution in [2.45, 2.75) is 6.04 Å². The molecule has 1 rings (SSSR count). The molecule has 0 aromatic heterocycles. The zero-order valence-corrected chi connectivity index (χ0v) is 3.22. The van der Waals surface area contributed by atoms with Gasteiger partial charge in [-0.2, -0.15) is 0 Å². The first kappa shape index (κ1) is 3.61. The van der Waals surface area contributed by atoms with Gasteiger partial charge in [0.25, 0.3) is 5.91 Å². The van der Waals surface area contributed by atoms with Crippen LogP contribution in [0.25, 0.3) is 0 Å². The molecule has 1 heterocycles. The van der Waals surface area contributed by atoms with Crippen molar-refractivity contribution in [1.82, 2.24) is 5.32 Å². The van der Waals surface area contributed by atoms with Gasteiger partial charge in [0, 0.05) is 0 Å². The number of rotatable bonds is 0. The number of β-lactam (4-membered cyclic amide) rings is 1. The highest BCUT2D eigenvalue weighted by atomic mass is 16.2. The van der Waals surface area contributed by atoms with Gasteiger partial charge in [-0.25, -0.2) is 5.32 Å². The zero-order valence-electron chi connectivity index (χ0n) is 3.22. The van der Waals surface area contributed by atoms with Crippen molar-refractivity contribution in [3.05, 3.63) is 0 Å². The number of carbonyl (C=O) groups is 1. The number of carbonyl (C=O) groups excluding carboxylic acids is 1. The molecule has 3 nitrogen and oxygen atoms in total. The molecule has 0 saturated carbocycles. The Balaban J connectivity index is 2.39. The summed E-state index contributed by atoms with van der Waals surface area (Å²) in [7, 11) is 0. The molecule has 1 amide bonds. The quantitative estimate of drug-likeness (QED) is 0.362. The van der Waals surface area contributed by atoms with Gasteiger partial charge in [-0.1, -0.05) is 0 Å². The lowest BCUT2D eigenvalue weighted by Gasteiger charge is -2.17. The van der Waals surface area contributed by atoms with Crippen molar-refractivity contribution in [1.29, 1.82) is 0 Å². The summed E-state index contributed by atoms with van der Waals surface area (Å²) in [6.07, 6.45) is 0. The van der Waals surface area contributed by atoms with Gasteiger partial charge in [-0.3, -0.25) is 4.79 Å². The third-order valence-electron chi connectivity index (χ3n) is 0.761. The molecule has 1 atom stereocenters. The highest BCUT2D eigenvalue weighted by molar-refractivity contribution is 5.87. The van der Waals surface area contributed by atoms with Crippen molar-refractivity contribution in [2.24, 2.45) is 5.73 Å². The van der Waals surface area contributed by atoms with E-state index in [1.165, 1.54) is 0 Å². The van der Waals surface area contributed by atoms with Crippen molar-refractivity contribution >= 4 is 5.91 Å². The van der Waals surface area contributed by atoms with Gasteiger partial charge in [-0.15, -0.1) is 0 Å². The second kappa shape index (κ2) is 0.944. The van der Waals surface area contributed by atoms with Crippen LogP contribution in [0.15, 0.2) is 0 Å². The molecule has 6 heavy (non-hydrogen) atoms. The van der Waals surface area contributed by atoms with Crippen molar-refractivity contribution in [3.8, 4) is 0 Å². The molecule has 1 aliphatic heterocycles. The SMILES string of the molecule is NC1C[N]C1=O. The summed E-state index contributed by atoms with van der Waals surface area (Å²) in [4.78, 5) is 9.94. The highest BCUT2D eigenvalue weighted by Crippen LogP contribution is 1.88. The van der Waals surface area contributed by atoms with E-state index in [9.17, 15) is 4.79 Å². The number of hydrogen-bond acceptors (Lipinski definition) is 2. The maximum absolute atomic E-state index is 9.94. The van der Waals surface area contributed by atoms with E-state index in [0.717, 1.165) is 0 Å². The van der Waals surface area contributed by atoms with E-state index in [-0.39, 0.29) is 11.9 Å². The van der Waals surface area contributed by atoms with Gasteiger partial charge in [0.15, 0.2) is 0 Å². The predicted molar refractivity (Wildman–Crippen MR) is 20.0 cm³/mol. The van der Waals surface area contributed by atoms with E-state index in [4.69, 9.17) is 5.73 Å². The lowest BCUT2D eigenvalue weighted by Crippen LogP contribution is -2.53. The lowest BCUT2D eigenvalue weighted by molar-refractivity contribution is -0.127. The Hall–Kier alpha value is -0.570. The molecule has 0 aromatic carbocycles. The van der Waals surface area contributed by atoms with Gasteiger partial charge < -0.3 is 5.73 Å². The first-order valence-electron chi connectivity index (χ1n) is 1.77. The minimum Gasteiger partial charge on any atom is -0.318 e. The Labute approximate surface area is 35.5 Å². The first-order chi connectivity index (χ1) is 2.80. The molecule has 2 N–H and O–H groups in total. The average Bonchev–Trinajstić information content (AvgIpc) is 1.61. The molecule has 1 aliphatic rings. The molecule has 0 aliphatic carbocycles. The Morgan fingerprint density at radius 1 is 2.00 bits per heavy atom. The van der Waals surface area contributed by atoms with Crippen LogP contribution in [-0.2, 0) is 4.79 Å². The molecular weight excluding hydrogens is 80.0 g/mol. The number of amides is 1. The van der Waals surface area contributed by atoms with Crippen LogP contribution in [0, 0.1) is 0 Å². The van der Waals surface area contributed by atoms with Crippen LogP contribution in [0.5, 0.6) is 0 Å². The van der Waals surface area contributed by atoms with Crippen LogP contribution in [0.3, 0.4) is 0 Å². The largest absolute Gasteiger partial charge is 0.318 e. The minimum atomic E-state index is -0.273. The number of nitrogens with two attached hydrogens (primary N) is 1. The van der Waals surface area contributed by atoms with E-state index in [1.54, 1.807) is 0 Å². The van der Waals surface area contributed by atoms with Gasteiger partial charge in [-0.05, 0) is 0 Å². The maximum Gasteiger partial charge on any atom is 0.260 e. The lowest BCUT2D eigenvalue weighted by atomic mass is 10.2. The van der Waals surface area contributed by atoms with Gasteiger partial charge in [0.05, 0.1) is 6.54 Å². The Bertz CT molecular complexity index is 80.9. The topological polar surface area (TPSA) is 57.2 Å². The van der Waals surface area contributed by atoms with Crippen molar-refractivity contribution in [2.75, 3.05) is 6.54 Å². The molecule has 1 radical (unpaired) electrons. The summed E-state index contributed by atoms with van der Waals surface area (Å²) in [6.45, 7) is 0.527. The van der Waals surface area contributed by atoms with Crippen LogP contribution < -0.4 is 11.1 Å². The van der Waals surface area contributed by atoms with Crippen LogP contribution in [0.1, 0.15) is 0 Å². The Morgan fingerprint density at radius 2 is 2.50 bits per heavy atom. The number of nitrogens with zero attached hydrogens (tertiary/aromatic N) is 1. The summed E-state index contributed by atoms with van der Waals surface area (Å²) in [6, 6.07) is -0.273. The summed E-state index contributed by atoms with van der Waals surface area (Å²) in [5, 5.41) is 3.39. The molecule has 0 bridgehead atoms. The third-order valence-corrected chi connectivity index (χ3v) is 0.761. The fourth-order valence-corrected chi connectivity index (χ4v) is 0.271. The van der Waals surface area contributed by atoms with Gasteiger partial charge in [0.2, 0.25) is 0 Å². The molecular formula is C3H5N2O.